The fourth-order valence-electron chi connectivity index (χ4n) is 3.05. The van der Waals surface area contributed by atoms with Crippen molar-refractivity contribution in [1.82, 2.24) is 10.1 Å². The van der Waals surface area contributed by atoms with Crippen molar-refractivity contribution in [2.75, 3.05) is 43.6 Å². The predicted octanol–water partition coefficient (Wildman–Crippen LogP) is 3.00. The van der Waals surface area contributed by atoms with Crippen LogP contribution in [0.2, 0.25) is 0 Å². The molecule has 142 valence electrons. The molecule has 0 spiro atoms. The van der Waals surface area contributed by atoms with Crippen LogP contribution in [0.4, 0.5) is 10.8 Å². The van der Waals surface area contributed by atoms with E-state index in [0.717, 1.165) is 22.9 Å². The Balaban J connectivity index is 1.73. The molecule has 3 aromatic rings. The quantitative estimate of drug-likeness (QED) is 0.735. The van der Waals surface area contributed by atoms with Crippen LogP contribution in [0, 0.1) is 13.8 Å². The Morgan fingerprint density at radius 1 is 1.30 bits per heavy atom. The first-order chi connectivity index (χ1) is 13.1. The molecule has 4 rings (SSSR count). The first-order valence-electron chi connectivity index (χ1n) is 8.63. The average Bonchev–Trinajstić information content (AvgIpc) is 3.27. The number of morpholine rings is 1. The van der Waals surface area contributed by atoms with Crippen LogP contribution in [-0.4, -0.2) is 49.5 Å². The van der Waals surface area contributed by atoms with Gasteiger partial charge in [-0.15, -0.1) is 0 Å². The van der Waals surface area contributed by atoms with E-state index in [2.05, 4.69) is 15.4 Å². The molecule has 1 aliphatic heterocycles. The maximum Gasteiger partial charge on any atom is 0.257 e. The third-order valence-corrected chi connectivity index (χ3v) is 5.66. The number of hydrogen-bond acceptors (Lipinski definition) is 8. The minimum absolute atomic E-state index is 0.228. The van der Waals surface area contributed by atoms with Gasteiger partial charge in [-0.2, -0.15) is 0 Å². The Morgan fingerprint density at radius 3 is 2.74 bits per heavy atom. The van der Waals surface area contributed by atoms with Crippen LogP contribution in [0.1, 0.15) is 21.8 Å². The number of fused-ring (bicyclic) bond motifs is 1. The summed E-state index contributed by atoms with van der Waals surface area (Å²) in [5.74, 6) is 0.993. The smallest absolute Gasteiger partial charge is 0.257 e. The molecule has 0 radical (unpaired) electrons. The maximum absolute atomic E-state index is 12.9. The summed E-state index contributed by atoms with van der Waals surface area (Å²) in [7, 11) is 1.60. The van der Waals surface area contributed by atoms with Gasteiger partial charge in [-0.05, 0) is 26.0 Å². The van der Waals surface area contributed by atoms with Crippen LogP contribution in [0.5, 0.6) is 5.75 Å². The molecule has 1 aromatic carbocycles. The van der Waals surface area contributed by atoms with Crippen LogP contribution < -0.4 is 15.0 Å². The van der Waals surface area contributed by atoms with Crippen LogP contribution in [-0.2, 0) is 4.74 Å². The predicted molar refractivity (Wildman–Crippen MR) is 103 cm³/mol. The number of rotatable bonds is 4. The van der Waals surface area contributed by atoms with Crippen molar-refractivity contribution in [2.24, 2.45) is 0 Å². The normalized spacial score (nSPS) is 14.6. The zero-order valence-corrected chi connectivity index (χ0v) is 16.2. The minimum atomic E-state index is -0.228. The summed E-state index contributed by atoms with van der Waals surface area (Å²) in [5.41, 5.74) is 2.48. The number of amides is 1. The van der Waals surface area contributed by atoms with Gasteiger partial charge >= 0.3 is 0 Å². The summed E-state index contributed by atoms with van der Waals surface area (Å²) in [5, 5.41) is 7.65. The highest BCUT2D eigenvalue weighted by Crippen LogP contribution is 2.37. The van der Waals surface area contributed by atoms with Gasteiger partial charge in [0.1, 0.15) is 22.6 Å². The SMILES string of the molecule is COc1ccc(C(=O)Nc2c(C)noc2C)c2sc(N3CCOCC3)nc12. The number of thiazole rings is 1. The first-order valence-corrected chi connectivity index (χ1v) is 9.44. The van der Waals surface area contributed by atoms with Gasteiger partial charge in [-0.1, -0.05) is 16.5 Å². The Hall–Kier alpha value is -2.65. The Bertz CT molecular complexity index is 971. The van der Waals surface area contributed by atoms with Crippen molar-refractivity contribution >= 4 is 38.3 Å². The molecule has 9 heteroatoms. The largest absolute Gasteiger partial charge is 0.494 e. The van der Waals surface area contributed by atoms with Gasteiger partial charge in [-0.3, -0.25) is 4.79 Å². The molecular weight excluding hydrogens is 368 g/mol. The van der Waals surface area contributed by atoms with Gasteiger partial charge in [-0.25, -0.2) is 4.98 Å². The number of carbonyl (C=O) groups is 1. The summed E-state index contributed by atoms with van der Waals surface area (Å²) in [6.45, 7) is 6.46. The van der Waals surface area contributed by atoms with E-state index in [1.54, 1.807) is 33.1 Å². The minimum Gasteiger partial charge on any atom is -0.494 e. The highest BCUT2D eigenvalue weighted by atomic mass is 32.1. The van der Waals surface area contributed by atoms with E-state index in [4.69, 9.17) is 19.0 Å². The molecule has 1 saturated heterocycles. The molecule has 3 heterocycles. The highest BCUT2D eigenvalue weighted by molar-refractivity contribution is 7.22. The third kappa shape index (κ3) is 3.24. The summed E-state index contributed by atoms with van der Waals surface area (Å²) < 4.78 is 16.8. The van der Waals surface area contributed by atoms with E-state index in [1.165, 1.54) is 11.3 Å². The van der Waals surface area contributed by atoms with E-state index in [0.29, 0.717) is 47.2 Å². The third-order valence-electron chi connectivity index (χ3n) is 4.51. The number of nitrogens with one attached hydrogen (secondary N) is 1. The Labute approximate surface area is 160 Å². The van der Waals surface area contributed by atoms with E-state index in [-0.39, 0.29) is 5.91 Å². The fourth-order valence-corrected chi connectivity index (χ4v) is 4.19. The summed E-state index contributed by atoms with van der Waals surface area (Å²) in [6.07, 6.45) is 0. The maximum atomic E-state index is 12.9. The standard InChI is InChI=1S/C18H20N4O4S/c1-10-14(11(2)26-21-10)19-17(23)12-4-5-13(24-3)15-16(12)27-18(20-15)22-6-8-25-9-7-22/h4-5H,6-9H2,1-3H3,(H,19,23). The van der Waals surface area contributed by atoms with E-state index in [9.17, 15) is 4.79 Å². The molecule has 27 heavy (non-hydrogen) atoms. The molecular formula is C18H20N4O4S. The van der Waals surface area contributed by atoms with Crippen LogP contribution in [0.25, 0.3) is 10.2 Å². The molecule has 0 aliphatic carbocycles. The lowest BCUT2D eigenvalue weighted by Crippen LogP contribution is -2.36. The fraction of sp³-hybridized carbons (Fsp3) is 0.389. The van der Waals surface area contributed by atoms with Crippen molar-refractivity contribution in [3.8, 4) is 5.75 Å². The lowest BCUT2D eigenvalue weighted by Gasteiger charge is -2.25. The topological polar surface area (TPSA) is 89.7 Å². The second-order valence-corrected chi connectivity index (χ2v) is 7.22. The van der Waals surface area contributed by atoms with E-state index >= 15 is 0 Å². The second-order valence-electron chi connectivity index (χ2n) is 6.24. The molecule has 0 atom stereocenters. The van der Waals surface area contributed by atoms with Crippen molar-refractivity contribution in [2.45, 2.75) is 13.8 Å². The molecule has 8 nitrogen and oxygen atoms in total. The monoisotopic (exact) mass is 388 g/mol. The number of ether oxygens (including phenoxy) is 2. The van der Waals surface area contributed by atoms with Crippen LogP contribution in [0.3, 0.4) is 0 Å². The van der Waals surface area contributed by atoms with E-state index < -0.39 is 0 Å². The van der Waals surface area contributed by atoms with Crippen molar-refractivity contribution in [3.05, 3.63) is 29.2 Å². The summed E-state index contributed by atoms with van der Waals surface area (Å²) in [6, 6.07) is 3.53. The number of aryl methyl sites for hydroxylation is 2. The van der Waals surface area contributed by atoms with Crippen LogP contribution in [0.15, 0.2) is 16.7 Å². The number of methoxy groups -OCH3 is 1. The average molecular weight is 388 g/mol. The molecule has 0 bridgehead atoms. The Kier molecular flexibility index (Phi) is 4.71. The van der Waals surface area contributed by atoms with Crippen molar-refractivity contribution in [1.29, 1.82) is 0 Å². The second kappa shape index (κ2) is 7.16. The number of nitrogens with zero attached hydrogens (tertiary/aromatic N) is 3. The number of benzene rings is 1. The molecule has 1 aliphatic rings. The lowest BCUT2D eigenvalue weighted by atomic mass is 10.1. The van der Waals surface area contributed by atoms with Gasteiger partial charge in [0.15, 0.2) is 10.9 Å². The first kappa shape index (κ1) is 17.7. The highest BCUT2D eigenvalue weighted by Gasteiger charge is 2.22. The molecule has 2 aromatic heterocycles. The number of hydrogen-bond donors (Lipinski definition) is 1. The van der Waals surface area contributed by atoms with Gasteiger partial charge in [0.05, 0.1) is 30.6 Å². The lowest BCUT2D eigenvalue weighted by molar-refractivity contribution is 0.102. The number of aromatic nitrogens is 2. The number of anilines is 2. The molecule has 1 N–H and O–H groups in total. The number of carbonyl (C=O) groups excluding carboxylic acids is 1. The zero-order valence-electron chi connectivity index (χ0n) is 15.4. The van der Waals surface area contributed by atoms with Gasteiger partial charge in [0, 0.05) is 13.1 Å². The van der Waals surface area contributed by atoms with Crippen molar-refractivity contribution in [3.63, 3.8) is 0 Å². The molecule has 0 saturated carbocycles. The molecule has 0 unspecified atom stereocenters. The molecule has 1 fully saturated rings. The Morgan fingerprint density at radius 2 is 2.07 bits per heavy atom. The van der Waals surface area contributed by atoms with Gasteiger partial charge in [0.25, 0.3) is 5.91 Å². The van der Waals surface area contributed by atoms with Gasteiger partial charge in [0.2, 0.25) is 0 Å². The zero-order chi connectivity index (χ0) is 19.0. The van der Waals surface area contributed by atoms with Crippen molar-refractivity contribution < 1.29 is 18.8 Å². The molecule has 1 amide bonds. The van der Waals surface area contributed by atoms with E-state index in [1.807, 2.05) is 0 Å². The van der Waals surface area contributed by atoms with Crippen LogP contribution >= 0.6 is 11.3 Å². The summed E-state index contributed by atoms with van der Waals surface area (Å²) in [4.78, 5) is 19.8. The van der Waals surface area contributed by atoms with Gasteiger partial charge < -0.3 is 24.2 Å². The summed E-state index contributed by atoms with van der Waals surface area (Å²) >= 11 is 1.49.